The van der Waals surface area contributed by atoms with E-state index in [1.54, 1.807) is 5.51 Å². The van der Waals surface area contributed by atoms with Crippen LogP contribution in [0.25, 0.3) is 0 Å². The third-order valence-electron chi connectivity index (χ3n) is 2.67. The average molecular weight is 313 g/mol. The molecule has 0 aliphatic rings. The highest BCUT2D eigenvalue weighted by Gasteiger charge is 2.15. The summed E-state index contributed by atoms with van der Waals surface area (Å²) in [5, 5.41) is 1.89. The third-order valence-corrected chi connectivity index (χ3v) is 4.77. The zero-order valence-corrected chi connectivity index (χ0v) is 12.5. The van der Waals surface area contributed by atoms with Gasteiger partial charge < -0.3 is 10.5 Å². The van der Waals surface area contributed by atoms with Gasteiger partial charge in [0.05, 0.1) is 28.9 Å². The summed E-state index contributed by atoms with van der Waals surface area (Å²) in [5.74, 6) is 0.340. The van der Waals surface area contributed by atoms with E-state index in [9.17, 15) is 8.42 Å². The van der Waals surface area contributed by atoms with Crippen molar-refractivity contribution in [3.63, 3.8) is 0 Å². The number of hydrogen-bond acceptors (Lipinski definition) is 6. The molecule has 1 aromatic heterocycles. The Hall–Kier alpha value is -1.64. The van der Waals surface area contributed by atoms with E-state index in [2.05, 4.69) is 9.71 Å². The summed E-state index contributed by atoms with van der Waals surface area (Å²) in [5.41, 5.74) is 8.64. The van der Waals surface area contributed by atoms with Crippen LogP contribution in [0.4, 0.5) is 5.69 Å². The Balaban J connectivity index is 2.06. The molecule has 0 saturated heterocycles. The van der Waals surface area contributed by atoms with Crippen molar-refractivity contribution in [3.8, 4) is 5.75 Å². The number of sulfonamides is 1. The molecule has 1 heterocycles. The van der Waals surface area contributed by atoms with Gasteiger partial charge in [0, 0.05) is 24.4 Å². The monoisotopic (exact) mass is 313 g/mol. The van der Waals surface area contributed by atoms with Gasteiger partial charge in [-0.1, -0.05) is 0 Å². The quantitative estimate of drug-likeness (QED) is 0.783. The molecule has 6 nitrogen and oxygen atoms in total. The summed E-state index contributed by atoms with van der Waals surface area (Å²) in [6, 6.07) is 4.36. The number of nitrogens with zero attached hydrogens (tertiary/aromatic N) is 1. The Morgan fingerprint density at radius 2 is 2.25 bits per heavy atom. The Kier molecular flexibility index (Phi) is 4.58. The number of nitrogen functional groups attached to an aromatic ring is 1. The SMILES string of the molecule is COc1cc(S(=O)(=O)NCCc2cscn2)ccc1N. The number of methoxy groups -OCH3 is 1. The first-order valence-electron chi connectivity index (χ1n) is 5.83. The zero-order chi connectivity index (χ0) is 14.6. The first-order chi connectivity index (χ1) is 9.53. The lowest BCUT2D eigenvalue weighted by molar-refractivity contribution is 0.415. The number of nitrogens with two attached hydrogens (primary N) is 1. The third kappa shape index (κ3) is 3.47. The molecule has 0 radical (unpaired) electrons. The predicted molar refractivity (Wildman–Crippen MR) is 78.4 cm³/mol. The summed E-state index contributed by atoms with van der Waals surface area (Å²) in [6.07, 6.45) is 0.550. The van der Waals surface area contributed by atoms with Crippen LogP contribution in [0.3, 0.4) is 0 Å². The highest BCUT2D eigenvalue weighted by Crippen LogP contribution is 2.24. The second-order valence-corrected chi connectivity index (χ2v) is 6.52. The fraction of sp³-hybridized carbons (Fsp3) is 0.250. The van der Waals surface area contributed by atoms with Crippen LogP contribution in [0, 0.1) is 0 Å². The van der Waals surface area contributed by atoms with E-state index in [0.29, 0.717) is 24.4 Å². The highest BCUT2D eigenvalue weighted by atomic mass is 32.2. The average Bonchev–Trinajstić information content (AvgIpc) is 2.92. The maximum absolute atomic E-state index is 12.1. The van der Waals surface area contributed by atoms with Gasteiger partial charge in [-0.2, -0.15) is 0 Å². The molecule has 0 amide bonds. The van der Waals surface area contributed by atoms with E-state index in [1.807, 2.05) is 5.38 Å². The normalized spacial score (nSPS) is 11.4. The maximum Gasteiger partial charge on any atom is 0.240 e. The van der Waals surface area contributed by atoms with E-state index in [4.69, 9.17) is 10.5 Å². The van der Waals surface area contributed by atoms with Crippen LogP contribution in [0.5, 0.6) is 5.75 Å². The zero-order valence-electron chi connectivity index (χ0n) is 10.9. The molecular weight excluding hydrogens is 298 g/mol. The van der Waals surface area contributed by atoms with Crippen molar-refractivity contribution in [2.45, 2.75) is 11.3 Å². The van der Waals surface area contributed by atoms with Crippen LogP contribution in [0.15, 0.2) is 34.0 Å². The van der Waals surface area contributed by atoms with Crippen molar-refractivity contribution >= 4 is 27.0 Å². The van der Waals surface area contributed by atoms with Crippen LogP contribution in [-0.4, -0.2) is 27.1 Å². The molecule has 3 N–H and O–H groups in total. The Morgan fingerprint density at radius 1 is 1.45 bits per heavy atom. The molecular formula is C12H15N3O3S2. The number of nitrogens with one attached hydrogen (secondary N) is 1. The van der Waals surface area contributed by atoms with Gasteiger partial charge in [0.1, 0.15) is 5.75 Å². The molecule has 0 spiro atoms. The minimum absolute atomic E-state index is 0.127. The van der Waals surface area contributed by atoms with E-state index < -0.39 is 10.0 Å². The Bertz CT molecular complexity index is 669. The van der Waals surface area contributed by atoms with Crippen LogP contribution < -0.4 is 15.2 Å². The fourth-order valence-electron chi connectivity index (χ4n) is 1.62. The lowest BCUT2D eigenvalue weighted by atomic mass is 10.3. The largest absolute Gasteiger partial charge is 0.495 e. The topological polar surface area (TPSA) is 94.3 Å². The number of thiazole rings is 1. The second kappa shape index (κ2) is 6.21. The smallest absolute Gasteiger partial charge is 0.240 e. The van der Waals surface area contributed by atoms with Gasteiger partial charge in [-0.15, -0.1) is 11.3 Å². The van der Waals surface area contributed by atoms with Crippen molar-refractivity contribution in [1.82, 2.24) is 9.71 Å². The first-order valence-corrected chi connectivity index (χ1v) is 8.26. The van der Waals surface area contributed by atoms with Gasteiger partial charge in [-0.05, 0) is 12.1 Å². The van der Waals surface area contributed by atoms with Crippen molar-refractivity contribution in [2.75, 3.05) is 19.4 Å². The molecule has 0 fully saturated rings. The Morgan fingerprint density at radius 3 is 2.90 bits per heavy atom. The van der Waals surface area contributed by atoms with Crippen LogP contribution >= 0.6 is 11.3 Å². The molecule has 0 unspecified atom stereocenters. The minimum atomic E-state index is -3.57. The lowest BCUT2D eigenvalue weighted by Gasteiger charge is -2.09. The Labute approximate surface area is 121 Å². The van der Waals surface area contributed by atoms with Crippen LogP contribution in [0.1, 0.15) is 5.69 Å². The summed E-state index contributed by atoms with van der Waals surface area (Å²) in [7, 11) is -2.13. The molecule has 2 rings (SSSR count). The molecule has 2 aromatic rings. The molecule has 0 saturated carbocycles. The number of rotatable bonds is 6. The summed E-state index contributed by atoms with van der Waals surface area (Å²) in [6.45, 7) is 0.290. The molecule has 108 valence electrons. The number of anilines is 1. The molecule has 0 atom stereocenters. The number of benzene rings is 1. The molecule has 0 aliphatic heterocycles. The van der Waals surface area contributed by atoms with Crippen LogP contribution in [0.2, 0.25) is 0 Å². The lowest BCUT2D eigenvalue weighted by Crippen LogP contribution is -2.26. The van der Waals surface area contributed by atoms with E-state index >= 15 is 0 Å². The molecule has 20 heavy (non-hydrogen) atoms. The first kappa shape index (κ1) is 14.8. The predicted octanol–water partition coefficient (Wildman–Crippen LogP) is 1.25. The van der Waals surface area contributed by atoms with E-state index in [-0.39, 0.29) is 4.90 Å². The summed E-state index contributed by atoms with van der Waals surface area (Å²) in [4.78, 5) is 4.22. The van der Waals surface area contributed by atoms with Gasteiger partial charge in [0.25, 0.3) is 0 Å². The number of hydrogen-bond donors (Lipinski definition) is 2. The maximum atomic E-state index is 12.1. The van der Waals surface area contributed by atoms with Crippen molar-refractivity contribution < 1.29 is 13.2 Å². The van der Waals surface area contributed by atoms with E-state index in [0.717, 1.165) is 5.69 Å². The highest BCUT2D eigenvalue weighted by molar-refractivity contribution is 7.89. The second-order valence-electron chi connectivity index (χ2n) is 4.03. The number of aromatic nitrogens is 1. The summed E-state index contributed by atoms with van der Waals surface area (Å²) >= 11 is 1.48. The fourth-order valence-corrected chi connectivity index (χ4v) is 3.26. The van der Waals surface area contributed by atoms with Crippen molar-refractivity contribution in [2.24, 2.45) is 0 Å². The number of ether oxygens (including phenoxy) is 1. The van der Waals surface area contributed by atoms with Crippen molar-refractivity contribution in [1.29, 1.82) is 0 Å². The van der Waals surface area contributed by atoms with Gasteiger partial charge >= 0.3 is 0 Å². The van der Waals surface area contributed by atoms with E-state index in [1.165, 1.54) is 36.6 Å². The molecule has 1 aromatic carbocycles. The van der Waals surface area contributed by atoms with Gasteiger partial charge in [-0.25, -0.2) is 18.1 Å². The minimum Gasteiger partial charge on any atom is -0.495 e. The summed E-state index contributed by atoms with van der Waals surface area (Å²) < 4.78 is 31.8. The molecule has 0 aliphatic carbocycles. The standard InChI is InChI=1S/C12H15N3O3S2/c1-18-12-6-10(2-3-11(12)13)20(16,17)15-5-4-9-7-19-8-14-9/h2-3,6-8,15H,4-5,13H2,1H3. The van der Waals surface area contributed by atoms with Crippen molar-refractivity contribution in [3.05, 3.63) is 34.8 Å². The van der Waals surface area contributed by atoms with Gasteiger partial charge in [0.2, 0.25) is 10.0 Å². The molecule has 8 heteroatoms. The molecule has 0 bridgehead atoms. The van der Waals surface area contributed by atoms with Crippen LogP contribution in [-0.2, 0) is 16.4 Å². The van der Waals surface area contributed by atoms with Gasteiger partial charge in [-0.3, -0.25) is 0 Å². The van der Waals surface area contributed by atoms with Gasteiger partial charge in [0.15, 0.2) is 0 Å².